The molecule has 1 aliphatic heterocycles. The molecule has 1 aliphatic rings. The zero-order valence-corrected chi connectivity index (χ0v) is 11.2. The number of phenolic OH excluding ortho intramolecular Hbond substituents is 1. The number of hydrogen-bond donors (Lipinski definition) is 3. The van der Waals surface area contributed by atoms with Crippen LogP contribution in [0.15, 0.2) is 42.5 Å². The molecule has 0 unspecified atom stereocenters. The molecule has 0 bridgehead atoms. The molecule has 106 valence electrons. The lowest BCUT2D eigenvalue weighted by Crippen LogP contribution is -2.20. The van der Waals surface area contributed by atoms with Crippen molar-refractivity contribution in [1.29, 1.82) is 0 Å². The topological polar surface area (TPSA) is 78.4 Å². The molecular weight excluding hydrogens is 268 g/mol. The fraction of sp³-hybridized carbons (Fsp3) is 0.125. The van der Waals surface area contributed by atoms with E-state index in [4.69, 9.17) is 0 Å². The quantitative estimate of drug-likeness (QED) is 0.749. The second kappa shape index (κ2) is 5.28. The number of carbonyl (C=O) groups excluding carboxylic acids is 2. The normalized spacial score (nSPS) is 13.0. The van der Waals surface area contributed by atoms with Crippen molar-refractivity contribution in [1.82, 2.24) is 5.32 Å². The van der Waals surface area contributed by atoms with Gasteiger partial charge in [-0.3, -0.25) is 14.9 Å². The van der Waals surface area contributed by atoms with Gasteiger partial charge in [0, 0.05) is 12.2 Å². The van der Waals surface area contributed by atoms with Gasteiger partial charge in [-0.05, 0) is 36.2 Å². The molecule has 0 spiro atoms. The molecule has 2 aromatic rings. The first kappa shape index (κ1) is 13.2. The van der Waals surface area contributed by atoms with Gasteiger partial charge >= 0.3 is 0 Å². The van der Waals surface area contributed by atoms with Gasteiger partial charge < -0.3 is 10.4 Å². The predicted octanol–water partition coefficient (Wildman–Crippen LogP) is 1.93. The Bertz CT molecular complexity index is 708. The first-order chi connectivity index (χ1) is 10.1. The van der Waals surface area contributed by atoms with E-state index in [1.54, 1.807) is 30.3 Å². The molecule has 0 radical (unpaired) electrons. The third-order valence-electron chi connectivity index (χ3n) is 3.43. The molecule has 0 saturated carbocycles. The average Bonchev–Trinajstić information content (AvgIpc) is 2.77. The van der Waals surface area contributed by atoms with Crippen LogP contribution in [0.1, 0.15) is 26.3 Å². The molecule has 2 aromatic carbocycles. The fourth-order valence-corrected chi connectivity index (χ4v) is 2.37. The Morgan fingerprint density at radius 1 is 1.00 bits per heavy atom. The molecular formula is C16H14N2O3. The number of carbonyl (C=O) groups is 2. The second-order valence-corrected chi connectivity index (χ2v) is 4.85. The molecule has 0 fully saturated rings. The second-order valence-electron chi connectivity index (χ2n) is 4.85. The number of imide groups is 1. The highest BCUT2D eigenvalue weighted by Gasteiger charge is 2.28. The van der Waals surface area contributed by atoms with Crippen LogP contribution in [0.5, 0.6) is 5.75 Å². The SMILES string of the molecule is O=C1NC(=O)c2c(NCCc3ccc(O)cc3)cccc21. The zero-order valence-electron chi connectivity index (χ0n) is 11.2. The number of hydrogen-bond acceptors (Lipinski definition) is 4. The molecule has 1 heterocycles. The van der Waals surface area contributed by atoms with Crippen LogP contribution in [-0.2, 0) is 6.42 Å². The number of nitrogens with one attached hydrogen (secondary N) is 2. The maximum atomic E-state index is 11.8. The number of phenols is 1. The van der Waals surface area contributed by atoms with Gasteiger partial charge in [0.15, 0.2) is 0 Å². The van der Waals surface area contributed by atoms with Crippen LogP contribution >= 0.6 is 0 Å². The highest BCUT2D eigenvalue weighted by atomic mass is 16.3. The summed E-state index contributed by atoms with van der Waals surface area (Å²) in [5, 5.41) is 14.7. The van der Waals surface area contributed by atoms with E-state index in [1.807, 2.05) is 12.1 Å². The summed E-state index contributed by atoms with van der Waals surface area (Å²) in [6, 6.07) is 12.2. The van der Waals surface area contributed by atoms with Gasteiger partial charge in [0.2, 0.25) is 0 Å². The maximum Gasteiger partial charge on any atom is 0.261 e. The lowest BCUT2D eigenvalue weighted by atomic mass is 10.1. The van der Waals surface area contributed by atoms with Crippen LogP contribution in [-0.4, -0.2) is 23.5 Å². The summed E-state index contributed by atoms with van der Waals surface area (Å²) in [6.45, 7) is 0.628. The van der Waals surface area contributed by atoms with E-state index in [2.05, 4.69) is 10.6 Å². The van der Waals surface area contributed by atoms with E-state index >= 15 is 0 Å². The molecule has 5 heteroatoms. The largest absolute Gasteiger partial charge is 0.508 e. The van der Waals surface area contributed by atoms with Crippen LogP contribution in [0.4, 0.5) is 5.69 Å². The monoisotopic (exact) mass is 282 g/mol. The van der Waals surface area contributed by atoms with Crippen LogP contribution in [0.3, 0.4) is 0 Å². The summed E-state index contributed by atoms with van der Waals surface area (Å²) in [6.07, 6.45) is 0.750. The highest BCUT2D eigenvalue weighted by molar-refractivity contribution is 6.23. The molecule has 3 rings (SSSR count). The lowest BCUT2D eigenvalue weighted by Gasteiger charge is -2.09. The van der Waals surface area contributed by atoms with Gasteiger partial charge in [-0.2, -0.15) is 0 Å². The Kier molecular flexibility index (Phi) is 3.31. The lowest BCUT2D eigenvalue weighted by molar-refractivity contribution is 0.0880. The minimum atomic E-state index is -0.359. The van der Waals surface area contributed by atoms with Crippen molar-refractivity contribution >= 4 is 17.5 Å². The van der Waals surface area contributed by atoms with Crippen LogP contribution in [0, 0.1) is 0 Å². The summed E-state index contributed by atoms with van der Waals surface area (Å²) >= 11 is 0. The van der Waals surface area contributed by atoms with E-state index in [-0.39, 0.29) is 17.6 Å². The third kappa shape index (κ3) is 2.58. The summed E-state index contributed by atoms with van der Waals surface area (Å²) in [5.74, 6) is -0.470. The standard InChI is InChI=1S/C16H14N2O3/c19-11-6-4-10(5-7-11)8-9-17-13-3-1-2-12-14(13)16(21)18-15(12)20/h1-7,17,19H,8-9H2,(H,18,20,21). The summed E-state index contributed by atoms with van der Waals surface area (Å²) in [4.78, 5) is 23.3. The summed E-state index contributed by atoms with van der Waals surface area (Å²) in [7, 11) is 0. The van der Waals surface area contributed by atoms with E-state index in [1.165, 1.54) is 0 Å². The number of amides is 2. The number of anilines is 1. The molecule has 0 aromatic heterocycles. The van der Waals surface area contributed by atoms with Gasteiger partial charge in [0.25, 0.3) is 11.8 Å². The Hall–Kier alpha value is -2.82. The van der Waals surface area contributed by atoms with Gasteiger partial charge in [-0.25, -0.2) is 0 Å². The van der Waals surface area contributed by atoms with Crippen LogP contribution in [0.25, 0.3) is 0 Å². The first-order valence-corrected chi connectivity index (χ1v) is 6.65. The summed E-state index contributed by atoms with van der Waals surface area (Å²) in [5.41, 5.74) is 2.56. The van der Waals surface area contributed by atoms with Gasteiger partial charge in [0.05, 0.1) is 11.1 Å². The molecule has 2 amide bonds. The number of benzene rings is 2. The molecule has 3 N–H and O–H groups in total. The van der Waals surface area contributed by atoms with Crippen molar-refractivity contribution < 1.29 is 14.7 Å². The fourth-order valence-electron chi connectivity index (χ4n) is 2.37. The molecule has 5 nitrogen and oxygen atoms in total. The Labute approximate surface area is 121 Å². The Balaban J connectivity index is 1.71. The van der Waals surface area contributed by atoms with Crippen LogP contribution < -0.4 is 10.6 Å². The van der Waals surface area contributed by atoms with Gasteiger partial charge in [-0.15, -0.1) is 0 Å². The predicted molar refractivity (Wildman–Crippen MR) is 78.5 cm³/mol. The first-order valence-electron chi connectivity index (χ1n) is 6.65. The smallest absolute Gasteiger partial charge is 0.261 e. The van der Waals surface area contributed by atoms with Crippen molar-refractivity contribution in [3.63, 3.8) is 0 Å². The van der Waals surface area contributed by atoms with Crippen molar-refractivity contribution in [3.8, 4) is 5.75 Å². The van der Waals surface area contributed by atoms with Gasteiger partial charge in [0.1, 0.15) is 5.75 Å². The number of fused-ring (bicyclic) bond motifs is 1. The van der Waals surface area contributed by atoms with E-state index in [0.29, 0.717) is 23.4 Å². The van der Waals surface area contributed by atoms with Crippen molar-refractivity contribution in [2.45, 2.75) is 6.42 Å². The average molecular weight is 282 g/mol. The third-order valence-corrected chi connectivity index (χ3v) is 3.43. The van der Waals surface area contributed by atoms with Crippen LogP contribution in [0.2, 0.25) is 0 Å². The molecule has 0 saturated heterocycles. The van der Waals surface area contributed by atoms with E-state index in [0.717, 1.165) is 12.0 Å². The van der Waals surface area contributed by atoms with Gasteiger partial charge in [-0.1, -0.05) is 18.2 Å². The number of aromatic hydroxyl groups is 1. The maximum absolute atomic E-state index is 11.8. The van der Waals surface area contributed by atoms with E-state index in [9.17, 15) is 14.7 Å². The Morgan fingerprint density at radius 3 is 2.52 bits per heavy atom. The van der Waals surface area contributed by atoms with Crippen molar-refractivity contribution in [2.24, 2.45) is 0 Å². The number of rotatable bonds is 4. The Morgan fingerprint density at radius 2 is 1.76 bits per heavy atom. The molecule has 21 heavy (non-hydrogen) atoms. The van der Waals surface area contributed by atoms with E-state index < -0.39 is 0 Å². The molecule has 0 aliphatic carbocycles. The zero-order chi connectivity index (χ0) is 14.8. The highest BCUT2D eigenvalue weighted by Crippen LogP contribution is 2.24. The minimum absolute atomic E-state index is 0.239. The van der Waals surface area contributed by atoms with Crippen molar-refractivity contribution in [3.05, 3.63) is 59.2 Å². The molecule has 0 atom stereocenters. The summed E-state index contributed by atoms with van der Waals surface area (Å²) < 4.78 is 0. The van der Waals surface area contributed by atoms with Crippen molar-refractivity contribution in [2.75, 3.05) is 11.9 Å². The minimum Gasteiger partial charge on any atom is -0.508 e.